The number of aromatic amines is 1. The molecule has 4 nitrogen and oxygen atoms in total. The van der Waals surface area contributed by atoms with Crippen LogP contribution in [0.1, 0.15) is 17.2 Å². The Kier molecular flexibility index (Phi) is 2.72. The summed E-state index contributed by atoms with van der Waals surface area (Å²) in [7, 11) is 0. The Labute approximate surface area is 141 Å². The number of fused-ring (bicyclic) bond motifs is 5. The fourth-order valence-corrected chi connectivity index (χ4v) is 3.67. The first-order chi connectivity index (χ1) is 11.2. The van der Waals surface area contributed by atoms with Crippen LogP contribution in [0.25, 0.3) is 22.2 Å². The maximum atomic E-state index is 12.3. The summed E-state index contributed by atoms with van der Waals surface area (Å²) < 4.78 is 6.41. The molecule has 1 saturated heterocycles. The Morgan fingerprint density at radius 3 is 2.87 bits per heavy atom. The van der Waals surface area contributed by atoms with Gasteiger partial charge < -0.3 is 15.0 Å². The van der Waals surface area contributed by atoms with E-state index in [1.54, 1.807) is 0 Å². The van der Waals surface area contributed by atoms with Crippen LogP contribution in [0.15, 0.2) is 40.9 Å². The molecule has 2 N–H and O–H groups in total. The largest absolute Gasteiger partial charge is 0.368 e. The minimum atomic E-state index is 0.0151. The number of halogens is 1. The van der Waals surface area contributed by atoms with Gasteiger partial charge >= 0.3 is 0 Å². The number of anilines is 1. The smallest absolute Gasteiger partial charge is 0.228 e. The fraction of sp³-hybridized carbons (Fsp3) is 0.167. The van der Waals surface area contributed by atoms with Crippen molar-refractivity contribution >= 4 is 38.4 Å². The Bertz CT molecular complexity index is 973. The molecule has 0 saturated carbocycles. The number of rotatable bonds is 1. The van der Waals surface area contributed by atoms with Gasteiger partial charge in [0.2, 0.25) is 5.91 Å². The number of benzene rings is 2. The highest BCUT2D eigenvalue weighted by atomic mass is 79.9. The van der Waals surface area contributed by atoms with Crippen molar-refractivity contribution < 1.29 is 9.53 Å². The van der Waals surface area contributed by atoms with E-state index in [2.05, 4.69) is 38.4 Å². The van der Waals surface area contributed by atoms with E-state index in [0.717, 1.165) is 50.1 Å². The topological polar surface area (TPSA) is 57.4 Å². The van der Waals surface area contributed by atoms with Gasteiger partial charge in [0, 0.05) is 20.9 Å². The Hall–Kier alpha value is -2.11. The van der Waals surface area contributed by atoms with E-state index in [1.165, 1.54) is 0 Å². The van der Waals surface area contributed by atoms with E-state index in [1.807, 2.05) is 24.3 Å². The predicted molar refractivity (Wildman–Crippen MR) is 92.5 cm³/mol. The zero-order valence-electron chi connectivity index (χ0n) is 12.2. The van der Waals surface area contributed by atoms with Crippen LogP contribution in [0.2, 0.25) is 0 Å². The first kappa shape index (κ1) is 13.3. The number of nitrogens with one attached hydrogen (secondary N) is 2. The number of amides is 1. The van der Waals surface area contributed by atoms with Crippen LogP contribution in [0.5, 0.6) is 0 Å². The minimum absolute atomic E-state index is 0.0151. The molecule has 0 spiro atoms. The molecular formula is C18H13BrN2O2. The number of carbonyl (C=O) groups excluding carboxylic acids is 1. The highest BCUT2D eigenvalue weighted by Gasteiger charge is 2.28. The molecule has 0 aliphatic carbocycles. The van der Waals surface area contributed by atoms with Gasteiger partial charge in [-0.3, -0.25) is 4.79 Å². The maximum Gasteiger partial charge on any atom is 0.228 e. The average molecular weight is 369 g/mol. The second-order valence-electron chi connectivity index (χ2n) is 6.02. The zero-order chi connectivity index (χ0) is 15.6. The molecule has 1 unspecified atom stereocenters. The summed E-state index contributed by atoms with van der Waals surface area (Å²) >= 11 is 3.52. The molecule has 0 radical (unpaired) electrons. The van der Waals surface area contributed by atoms with E-state index in [4.69, 9.17) is 4.74 Å². The Balaban J connectivity index is 1.81. The van der Waals surface area contributed by atoms with Gasteiger partial charge in [-0.05, 0) is 41.5 Å². The van der Waals surface area contributed by atoms with Crippen LogP contribution >= 0.6 is 15.9 Å². The lowest BCUT2D eigenvalue weighted by molar-refractivity contribution is -0.115. The third-order valence-corrected chi connectivity index (χ3v) is 4.99. The number of H-pyrrole nitrogens is 1. The van der Waals surface area contributed by atoms with Crippen molar-refractivity contribution in [3.05, 3.63) is 52.0 Å². The summed E-state index contributed by atoms with van der Waals surface area (Å²) in [6, 6.07) is 12.2. The second kappa shape index (κ2) is 4.69. The molecule has 3 aromatic rings. The second-order valence-corrected chi connectivity index (χ2v) is 6.94. The number of carbonyl (C=O) groups is 1. The van der Waals surface area contributed by atoms with Gasteiger partial charge in [-0.1, -0.05) is 22.0 Å². The number of ether oxygens (including phenoxy) is 1. The third-order valence-electron chi connectivity index (χ3n) is 4.50. The molecule has 2 aliphatic heterocycles. The van der Waals surface area contributed by atoms with E-state index in [9.17, 15) is 4.79 Å². The summed E-state index contributed by atoms with van der Waals surface area (Å²) in [4.78, 5) is 15.8. The monoisotopic (exact) mass is 368 g/mol. The van der Waals surface area contributed by atoms with Gasteiger partial charge in [0.1, 0.15) is 6.10 Å². The molecule has 5 heteroatoms. The molecule has 1 atom stereocenters. The lowest BCUT2D eigenvalue weighted by Gasteiger charge is -2.08. The first-order valence-corrected chi connectivity index (χ1v) is 8.34. The van der Waals surface area contributed by atoms with Crippen LogP contribution in [0.3, 0.4) is 0 Å². The van der Waals surface area contributed by atoms with Gasteiger partial charge in [-0.25, -0.2) is 0 Å². The zero-order valence-corrected chi connectivity index (χ0v) is 13.7. The van der Waals surface area contributed by atoms with Crippen LogP contribution < -0.4 is 5.32 Å². The Morgan fingerprint density at radius 2 is 2.04 bits per heavy atom. The molecule has 1 amide bonds. The van der Waals surface area contributed by atoms with E-state index >= 15 is 0 Å². The van der Waals surface area contributed by atoms with Crippen molar-refractivity contribution in [3.63, 3.8) is 0 Å². The van der Waals surface area contributed by atoms with Crippen molar-refractivity contribution in [2.45, 2.75) is 12.5 Å². The maximum absolute atomic E-state index is 12.3. The predicted octanol–water partition coefficient (Wildman–Crippen LogP) is 4.16. The van der Waals surface area contributed by atoms with E-state index in [0.29, 0.717) is 6.42 Å². The highest BCUT2D eigenvalue weighted by Crippen LogP contribution is 2.41. The number of hydrogen-bond donors (Lipinski definition) is 2. The van der Waals surface area contributed by atoms with Crippen molar-refractivity contribution in [1.82, 2.24) is 4.98 Å². The van der Waals surface area contributed by atoms with Crippen LogP contribution in [-0.4, -0.2) is 17.5 Å². The molecule has 23 heavy (non-hydrogen) atoms. The summed E-state index contributed by atoms with van der Waals surface area (Å²) in [5, 5.41) is 4.10. The summed E-state index contributed by atoms with van der Waals surface area (Å²) in [6.45, 7) is 0.775. The molecule has 0 bridgehead atoms. The van der Waals surface area contributed by atoms with Crippen molar-refractivity contribution in [2.24, 2.45) is 0 Å². The summed E-state index contributed by atoms with van der Waals surface area (Å²) in [6.07, 6.45) is 0.566. The molecular weight excluding hydrogens is 356 g/mol. The lowest BCUT2D eigenvalue weighted by Crippen LogP contribution is -2.12. The number of epoxide rings is 1. The lowest BCUT2D eigenvalue weighted by atomic mass is 10.0. The molecule has 5 rings (SSSR count). The highest BCUT2D eigenvalue weighted by molar-refractivity contribution is 9.10. The first-order valence-electron chi connectivity index (χ1n) is 7.55. The quantitative estimate of drug-likeness (QED) is 0.633. The van der Waals surface area contributed by atoms with Crippen LogP contribution in [0, 0.1) is 0 Å². The summed E-state index contributed by atoms with van der Waals surface area (Å²) in [5.41, 5.74) is 6.16. The SMILES string of the molecule is O=C1Cc2c([nH]c3ccc(Br)cc23)-c2cc(C3CO3)ccc2N1. The van der Waals surface area contributed by atoms with Gasteiger partial charge in [0.05, 0.1) is 24.4 Å². The van der Waals surface area contributed by atoms with Gasteiger partial charge in [-0.15, -0.1) is 0 Å². The average Bonchev–Trinajstić information content (AvgIpc) is 3.33. The van der Waals surface area contributed by atoms with Gasteiger partial charge in [-0.2, -0.15) is 0 Å². The normalized spacial score (nSPS) is 19.0. The number of aromatic nitrogens is 1. The molecule has 114 valence electrons. The van der Waals surface area contributed by atoms with Crippen molar-refractivity contribution in [3.8, 4) is 11.3 Å². The van der Waals surface area contributed by atoms with Gasteiger partial charge in [0.25, 0.3) is 0 Å². The molecule has 2 aromatic carbocycles. The number of hydrogen-bond acceptors (Lipinski definition) is 2. The van der Waals surface area contributed by atoms with Crippen LogP contribution in [-0.2, 0) is 16.0 Å². The van der Waals surface area contributed by atoms with Crippen molar-refractivity contribution in [2.75, 3.05) is 11.9 Å². The standard InChI is InChI=1S/C18H13BrN2O2/c19-10-2-4-14-11(6-10)12-7-17(22)20-15-3-1-9(16-8-23-16)5-13(15)18(12)21-14/h1-6,16,21H,7-8H2,(H,20,22). The van der Waals surface area contributed by atoms with Crippen LogP contribution in [0.4, 0.5) is 5.69 Å². The molecule has 2 aliphatic rings. The minimum Gasteiger partial charge on any atom is -0.368 e. The Morgan fingerprint density at radius 1 is 1.17 bits per heavy atom. The van der Waals surface area contributed by atoms with E-state index < -0.39 is 0 Å². The summed E-state index contributed by atoms with van der Waals surface area (Å²) in [5.74, 6) is 0.0151. The van der Waals surface area contributed by atoms with Gasteiger partial charge in [0.15, 0.2) is 0 Å². The third kappa shape index (κ3) is 2.11. The van der Waals surface area contributed by atoms with Crippen molar-refractivity contribution in [1.29, 1.82) is 0 Å². The molecule has 1 fully saturated rings. The molecule has 1 aromatic heterocycles. The molecule has 3 heterocycles. The van der Waals surface area contributed by atoms with E-state index in [-0.39, 0.29) is 12.0 Å². The fourth-order valence-electron chi connectivity index (χ4n) is 3.31.